The maximum atomic E-state index is 13.9. The molecule has 1 N–H and O–H groups in total. The van der Waals surface area contributed by atoms with Crippen molar-refractivity contribution in [3.8, 4) is 0 Å². The Morgan fingerprint density at radius 1 is 0.907 bits per heavy atom. The van der Waals surface area contributed by atoms with Crippen LogP contribution in [0.4, 0.5) is 24.5 Å². The Labute approximate surface area is 260 Å². The fraction of sp³-hybridized carbons (Fsp3) is 0.172. The third-order valence-corrected chi connectivity index (χ3v) is 10.5. The van der Waals surface area contributed by atoms with Crippen LogP contribution in [0.1, 0.15) is 21.9 Å². The first-order chi connectivity index (χ1) is 20.5. The van der Waals surface area contributed by atoms with Crippen LogP contribution >= 0.6 is 46.3 Å². The van der Waals surface area contributed by atoms with Gasteiger partial charge in [-0.1, -0.05) is 88.8 Å². The number of benzene rings is 3. The predicted octanol–water partition coefficient (Wildman–Crippen LogP) is 6.67. The van der Waals surface area contributed by atoms with Crippen molar-refractivity contribution < 1.29 is 27.6 Å². The molecular weight excluding hydrogens is 646 g/mol. The number of imide groups is 1. The van der Waals surface area contributed by atoms with E-state index in [2.05, 4.69) is 5.32 Å². The van der Waals surface area contributed by atoms with E-state index in [0.717, 1.165) is 35.2 Å². The molecule has 0 bridgehead atoms. The quantitative estimate of drug-likeness (QED) is 0.241. The summed E-state index contributed by atoms with van der Waals surface area (Å²) in [6.07, 6.45) is -4.81. The lowest BCUT2D eigenvalue weighted by Crippen LogP contribution is -2.33. The van der Waals surface area contributed by atoms with Gasteiger partial charge in [0.15, 0.2) is 0 Å². The highest BCUT2D eigenvalue weighted by molar-refractivity contribution is 8.00. The van der Waals surface area contributed by atoms with Crippen LogP contribution in [-0.2, 0) is 27.1 Å². The molecule has 1 aromatic heterocycles. The molecule has 43 heavy (non-hydrogen) atoms. The van der Waals surface area contributed by atoms with Gasteiger partial charge in [-0.05, 0) is 35.9 Å². The topological polar surface area (TPSA) is 88.5 Å². The van der Waals surface area contributed by atoms with Crippen LogP contribution < -0.4 is 15.1 Å². The summed E-state index contributed by atoms with van der Waals surface area (Å²) in [5, 5.41) is 2.34. The van der Waals surface area contributed by atoms with E-state index in [-0.39, 0.29) is 5.02 Å². The van der Waals surface area contributed by atoms with Crippen LogP contribution in [0.3, 0.4) is 0 Å². The Bertz CT molecular complexity index is 1840. The molecule has 0 radical (unpaired) electrons. The third kappa shape index (κ3) is 5.26. The van der Waals surface area contributed by atoms with Gasteiger partial charge in [-0.3, -0.25) is 23.7 Å². The number of halogens is 5. The molecule has 6 rings (SSSR count). The smallest absolute Gasteiger partial charge is 0.324 e. The Kier molecular flexibility index (Phi) is 7.66. The van der Waals surface area contributed by atoms with Gasteiger partial charge in [0.05, 0.1) is 32.2 Å². The zero-order chi connectivity index (χ0) is 30.6. The Morgan fingerprint density at radius 3 is 2.30 bits per heavy atom. The van der Waals surface area contributed by atoms with E-state index >= 15 is 0 Å². The molecule has 3 heterocycles. The van der Waals surface area contributed by atoms with E-state index in [0.29, 0.717) is 31.1 Å². The molecule has 0 spiro atoms. The van der Waals surface area contributed by atoms with Gasteiger partial charge in [0.2, 0.25) is 17.7 Å². The second-order valence-corrected chi connectivity index (χ2v) is 12.7. The number of thioether (sulfide) groups is 1. The number of hydrogen-bond donors (Lipinski definition) is 1. The minimum absolute atomic E-state index is 0.220. The SMILES string of the molecule is O=C(Cn1c2c(sc1=O)[C@H](c1ccccc1)C1C(=O)N(c3ccccc3C(F)(F)F)C(=O)C1S2)Nc1ccc(Cl)c(Cl)c1. The second kappa shape index (κ2) is 11.2. The first kappa shape index (κ1) is 29.5. The monoisotopic (exact) mass is 663 g/mol. The number of nitrogens with one attached hydrogen (secondary N) is 1. The van der Waals surface area contributed by atoms with Crippen molar-refractivity contribution in [2.75, 3.05) is 10.2 Å². The largest absolute Gasteiger partial charge is 0.418 e. The van der Waals surface area contributed by atoms with Crippen LogP contribution in [0.15, 0.2) is 82.6 Å². The summed E-state index contributed by atoms with van der Waals surface area (Å²) in [4.78, 5) is 54.5. The zero-order valence-corrected chi connectivity index (χ0v) is 24.7. The summed E-state index contributed by atoms with van der Waals surface area (Å²) in [6, 6.07) is 17.6. The van der Waals surface area contributed by atoms with Crippen LogP contribution in [0, 0.1) is 5.92 Å². The predicted molar refractivity (Wildman–Crippen MR) is 159 cm³/mol. The Morgan fingerprint density at radius 2 is 1.60 bits per heavy atom. The molecule has 1 saturated heterocycles. The van der Waals surface area contributed by atoms with Crippen molar-refractivity contribution in [3.63, 3.8) is 0 Å². The average molecular weight is 665 g/mol. The van der Waals surface area contributed by atoms with Gasteiger partial charge < -0.3 is 5.32 Å². The molecule has 3 atom stereocenters. The number of para-hydroxylation sites is 1. The van der Waals surface area contributed by atoms with Gasteiger partial charge in [-0.15, -0.1) is 0 Å². The number of aromatic nitrogens is 1. The minimum atomic E-state index is -4.81. The fourth-order valence-electron chi connectivity index (χ4n) is 5.34. The lowest BCUT2D eigenvalue weighted by molar-refractivity contribution is -0.137. The number of carbonyl (C=O) groups excluding carboxylic acids is 3. The lowest BCUT2D eigenvalue weighted by atomic mass is 9.83. The Hall–Kier alpha value is -3.58. The summed E-state index contributed by atoms with van der Waals surface area (Å²) in [5.41, 5.74) is -0.697. The molecule has 3 aromatic carbocycles. The molecule has 2 unspecified atom stereocenters. The summed E-state index contributed by atoms with van der Waals surface area (Å²) >= 11 is 13.7. The van der Waals surface area contributed by atoms with E-state index in [1.54, 1.807) is 36.4 Å². The number of anilines is 2. The lowest BCUT2D eigenvalue weighted by Gasteiger charge is -2.30. The van der Waals surface area contributed by atoms with Crippen LogP contribution in [0.2, 0.25) is 10.0 Å². The summed E-state index contributed by atoms with van der Waals surface area (Å²) in [7, 11) is 0. The highest BCUT2D eigenvalue weighted by Crippen LogP contribution is 2.54. The van der Waals surface area contributed by atoms with Gasteiger partial charge in [0.25, 0.3) is 0 Å². The first-order valence-electron chi connectivity index (χ1n) is 12.7. The summed E-state index contributed by atoms with van der Waals surface area (Å²) in [6.45, 7) is -0.417. The van der Waals surface area contributed by atoms with Crippen LogP contribution in [0.25, 0.3) is 0 Å². The number of rotatable bonds is 5. The maximum absolute atomic E-state index is 13.9. The van der Waals surface area contributed by atoms with E-state index in [1.165, 1.54) is 28.8 Å². The molecule has 1 fully saturated rings. The standard InChI is InChI=1S/C29H18Cl2F3N3O4S2/c30-17-11-10-15(12-18(17)31)35-20(38)13-36-27-24(43-28(36)41)21(14-6-2-1-3-7-14)22-23(42-27)26(40)37(25(22)39)19-9-5-4-8-16(19)29(32,33)34/h1-12,21-23H,13H2,(H,35,38)/t21-,22?,23?/m1/s1. The van der Waals surface area contributed by atoms with Gasteiger partial charge in [0, 0.05) is 16.5 Å². The number of alkyl halides is 3. The van der Waals surface area contributed by atoms with Gasteiger partial charge >= 0.3 is 11.0 Å². The number of nitrogens with zero attached hydrogens (tertiary/aromatic N) is 2. The van der Waals surface area contributed by atoms with Crippen molar-refractivity contribution in [2.24, 2.45) is 5.92 Å². The first-order valence-corrected chi connectivity index (χ1v) is 15.1. The normalized spacial score (nSPS) is 19.7. The molecule has 0 saturated carbocycles. The van der Waals surface area contributed by atoms with E-state index in [1.807, 2.05) is 0 Å². The van der Waals surface area contributed by atoms with E-state index in [4.69, 9.17) is 23.2 Å². The molecule has 4 aromatic rings. The highest BCUT2D eigenvalue weighted by Gasteiger charge is 2.57. The minimum Gasteiger partial charge on any atom is -0.324 e. The maximum Gasteiger partial charge on any atom is 0.418 e. The molecule has 220 valence electrons. The number of thiazole rings is 1. The zero-order valence-electron chi connectivity index (χ0n) is 21.6. The van der Waals surface area contributed by atoms with E-state index in [9.17, 15) is 32.3 Å². The average Bonchev–Trinajstić information content (AvgIpc) is 3.41. The second-order valence-electron chi connectivity index (χ2n) is 9.78. The van der Waals surface area contributed by atoms with Crippen molar-refractivity contribution in [3.05, 3.63) is 109 Å². The van der Waals surface area contributed by atoms with Gasteiger partial charge in [-0.25, -0.2) is 4.90 Å². The van der Waals surface area contributed by atoms with Crippen molar-refractivity contribution in [1.29, 1.82) is 0 Å². The number of amides is 3. The van der Waals surface area contributed by atoms with E-state index < -0.39 is 63.7 Å². The molecule has 3 amide bonds. The molecule has 2 aliphatic rings. The molecule has 2 aliphatic heterocycles. The number of fused-ring (bicyclic) bond motifs is 2. The number of hydrogen-bond acceptors (Lipinski definition) is 6. The Balaban J connectivity index is 1.41. The van der Waals surface area contributed by atoms with Gasteiger partial charge in [-0.2, -0.15) is 13.2 Å². The van der Waals surface area contributed by atoms with Crippen LogP contribution in [0.5, 0.6) is 0 Å². The van der Waals surface area contributed by atoms with Crippen molar-refractivity contribution >= 4 is 75.4 Å². The van der Waals surface area contributed by atoms with Crippen LogP contribution in [-0.4, -0.2) is 27.5 Å². The number of carbonyl (C=O) groups is 3. The highest BCUT2D eigenvalue weighted by atomic mass is 35.5. The molecule has 7 nitrogen and oxygen atoms in total. The fourth-order valence-corrected chi connectivity index (χ4v) is 8.41. The third-order valence-electron chi connectivity index (χ3n) is 7.16. The van der Waals surface area contributed by atoms with Crippen molar-refractivity contribution in [2.45, 2.75) is 28.9 Å². The molecular formula is C29H18Cl2F3N3O4S2. The summed E-state index contributed by atoms with van der Waals surface area (Å²) in [5.74, 6) is -4.06. The summed E-state index contributed by atoms with van der Waals surface area (Å²) < 4.78 is 42.9. The van der Waals surface area contributed by atoms with Gasteiger partial charge in [0.1, 0.15) is 11.8 Å². The molecule has 14 heteroatoms. The molecule has 0 aliphatic carbocycles. The van der Waals surface area contributed by atoms with Crippen molar-refractivity contribution in [1.82, 2.24) is 4.57 Å².